The number of anilines is 4. The van der Waals surface area contributed by atoms with E-state index < -0.39 is 11.7 Å². The van der Waals surface area contributed by atoms with Crippen LogP contribution in [0.5, 0.6) is 0 Å². The maximum absolute atomic E-state index is 13.9. The van der Waals surface area contributed by atoms with Crippen molar-refractivity contribution in [2.45, 2.75) is 58.7 Å². The van der Waals surface area contributed by atoms with E-state index in [2.05, 4.69) is 29.1 Å². The van der Waals surface area contributed by atoms with Crippen LogP contribution in [0, 0.1) is 0 Å². The first-order valence-corrected chi connectivity index (χ1v) is 10.9. The lowest BCUT2D eigenvalue weighted by Gasteiger charge is -2.31. The van der Waals surface area contributed by atoms with Gasteiger partial charge in [-0.2, -0.15) is 18.2 Å². The van der Waals surface area contributed by atoms with Crippen molar-refractivity contribution in [3.8, 4) is 0 Å². The Labute approximate surface area is 187 Å². The summed E-state index contributed by atoms with van der Waals surface area (Å²) < 4.78 is 41.6. The number of hydrogen-bond acceptors (Lipinski definition) is 4. The first kappa shape index (κ1) is 23.6. The second kappa shape index (κ2) is 10.0. The number of benzene rings is 2. The summed E-state index contributed by atoms with van der Waals surface area (Å²) in [5, 5.41) is 3.05. The fraction of sp³-hybridized carbons (Fsp3) is 0.360. The smallest absolute Gasteiger partial charge is 0.324 e. The maximum Gasteiger partial charge on any atom is 0.421 e. The van der Waals surface area contributed by atoms with E-state index >= 15 is 0 Å². The largest absolute Gasteiger partial charge is 0.421 e. The summed E-state index contributed by atoms with van der Waals surface area (Å²) in [6, 6.07) is 16.6. The van der Waals surface area contributed by atoms with Crippen LogP contribution in [-0.2, 0) is 6.18 Å². The van der Waals surface area contributed by atoms with Crippen LogP contribution >= 0.6 is 0 Å². The van der Waals surface area contributed by atoms with Gasteiger partial charge in [0, 0.05) is 23.6 Å². The molecule has 0 radical (unpaired) electrons. The predicted octanol–water partition coefficient (Wildman–Crippen LogP) is 7.69. The third kappa shape index (κ3) is 5.39. The summed E-state index contributed by atoms with van der Waals surface area (Å²) in [6.45, 7) is 8.11. The molecule has 0 aliphatic rings. The third-order valence-electron chi connectivity index (χ3n) is 5.72. The fourth-order valence-corrected chi connectivity index (χ4v) is 3.43. The number of alkyl halides is 3. The van der Waals surface area contributed by atoms with E-state index in [1.54, 1.807) is 29.2 Å². The van der Waals surface area contributed by atoms with Crippen LogP contribution in [0.1, 0.15) is 57.6 Å². The van der Waals surface area contributed by atoms with Gasteiger partial charge in [0.2, 0.25) is 5.95 Å². The zero-order valence-electron chi connectivity index (χ0n) is 18.8. The summed E-state index contributed by atoms with van der Waals surface area (Å²) in [4.78, 5) is 9.93. The van der Waals surface area contributed by atoms with E-state index in [9.17, 15) is 13.2 Å². The molecule has 0 amide bonds. The van der Waals surface area contributed by atoms with Gasteiger partial charge in [-0.05, 0) is 55.5 Å². The van der Waals surface area contributed by atoms with Crippen molar-refractivity contribution in [2.24, 2.45) is 0 Å². The molecule has 1 aromatic heterocycles. The van der Waals surface area contributed by atoms with E-state index in [4.69, 9.17) is 0 Å². The highest BCUT2D eigenvalue weighted by atomic mass is 19.4. The molecule has 1 heterocycles. The molecule has 4 nitrogen and oxygen atoms in total. The number of hydrogen-bond donors (Lipinski definition) is 1. The molecular weight excluding hydrogens is 413 g/mol. The van der Waals surface area contributed by atoms with Crippen molar-refractivity contribution in [2.75, 3.05) is 10.2 Å². The molecule has 0 fully saturated rings. The highest BCUT2D eigenvalue weighted by Gasteiger charge is 2.38. The summed E-state index contributed by atoms with van der Waals surface area (Å²) >= 11 is 0. The number of nitrogens with zero attached hydrogens (tertiary/aromatic N) is 3. The summed E-state index contributed by atoms with van der Waals surface area (Å²) in [5.74, 6) is 0.397. The van der Waals surface area contributed by atoms with E-state index in [0.717, 1.165) is 18.3 Å². The first-order chi connectivity index (χ1) is 15.2. The number of aromatic nitrogens is 2. The number of halogens is 3. The van der Waals surface area contributed by atoms with E-state index in [1.165, 1.54) is 5.56 Å². The van der Waals surface area contributed by atoms with Gasteiger partial charge in [-0.15, -0.1) is 0 Å². The summed E-state index contributed by atoms with van der Waals surface area (Å²) in [5.41, 5.74) is 1.71. The van der Waals surface area contributed by atoms with Gasteiger partial charge in [-0.25, -0.2) is 4.98 Å². The lowest BCUT2D eigenvalue weighted by molar-refractivity contribution is -0.137. The van der Waals surface area contributed by atoms with Crippen molar-refractivity contribution in [3.63, 3.8) is 0 Å². The van der Waals surface area contributed by atoms with Crippen LogP contribution in [-0.4, -0.2) is 16.0 Å². The molecule has 0 bridgehead atoms. The average molecular weight is 443 g/mol. The Kier molecular flexibility index (Phi) is 7.38. The van der Waals surface area contributed by atoms with Gasteiger partial charge >= 0.3 is 6.18 Å². The van der Waals surface area contributed by atoms with Crippen LogP contribution in [0.25, 0.3) is 0 Å². The van der Waals surface area contributed by atoms with Gasteiger partial charge in [0.15, 0.2) is 5.82 Å². The van der Waals surface area contributed by atoms with Gasteiger partial charge in [0.05, 0.1) is 0 Å². The second-order valence-electron chi connectivity index (χ2n) is 7.95. The van der Waals surface area contributed by atoms with Crippen molar-refractivity contribution < 1.29 is 13.2 Å². The maximum atomic E-state index is 13.9. The van der Waals surface area contributed by atoms with Gasteiger partial charge < -0.3 is 10.2 Å². The highest BCUT2D eigenvalue weighted by molar-refractivity contribution is 5.66. The van der Waals surface area contributed by atoms with Crippen LogP contribution in [0.15, 0.2) is 60.8 Å². The predicted molar refractivity (Wildman–Crippen MR) is 124 cm³/mol. The molecule has 3 aromatic rings. The van der Waals surface area contributed by atoms with Crippen molar-refractivity contribution >= 4 is 23.1 Å². The molecule has 32 heavy (non-hydrogen) atoms. The van der Waals surface area contributed by atoms with Gasteiger partial charge in [0.25, 0.3) is 0 Å². The minimum atomic E-state index is -4.58. The second-order valence-corrected chi connectivity index (χ2v) is 7.95. The average Bonchev–Trinajstić information content (AvgIpc) is 2.79. The molecule has 2 aromatic carbocycles. The molecule has 7 heteroatoms. The first-order valence-electron chi connectivity index (χ1n) is 10.9. The monoisotopic (exact) mass is 442 g/mol. The minimum Gasteiger partial charge on any atom is -0.324 e. The van der Waals surface area contributed by atoms with E-state index in [0.29, 0.717) is 18.0 Å². The number of para-hydroxylation sites is 1. The van der Waals surface area contributed by atoms with E-state index in [1.807, 2.05) is 44.2 Å². The van der Waals surface area contributed by atoms with Crippen LogP contribution < -0.4 is 10.2 Å². The lowest BCUT2D eigenvalue weighted by Crippen LogP contribution is -2.31. The zero-order valence-corrected chi connectivity index (χ0v) is 18.8. The number of rotatable bonds is 8. The standard InChI is InChI=1S/C25H29F3N4/c1-5-17(3)19-12-14-20(15-13-19)30-24-29-16-22(25(26,27)28)23(31-24)32(18(4)6-2)21-10-8-7-9-11-21/h7-18H,5-6H2,1-4H3,(H,29,30,31). The topological polar surface area (TPSA) is 41.1 Å². The van der Waals surface area contributed by atoms with Crippen molar-refractivity contribution in [1.29, 1.82) is 0 Å². The Morgan fingerprint density at radius 2 is 1.59 bits per heavy atom. The molecule has 3 rings (SSSR count). The van der Waals surface area contributed by atoms with Crippen LogP contribution in [0.4, 0.5) is 36.3 Å². The molecule has 2 atom stereocenters. The molecule has 0 aliphatic carbocycles. The molecule has 0 aliphatic heterocycles. The zero-order chi connectivity index (χ0) is 23.3. The summed E-state index contributed by atoms with van der Waals surface area (Å²) in [6.07, 6.45) is -2.04. The SMILES string of the molecule is CCC(C)c1ccc(Nc2ncc(C(F)(F)F)c(N(c3ccccc3)C(C)CC)n2)cc1. The highest BCUT2D eigenvalue weighted by Crippen LogP contribution is 2.39. The molecule has 0 saturated heterocycles. The van der Waals surface area contributed by atoms with Crippen molar-refractivity contribution in [3.05, 3.63) is 71.9 Å². The molecule has 2 unspecified atom stereocenters. The Bertz CT molecular complexity index is 1000. The molecule has 1 N–H and O–H groups in total. The quantitative estimate of drug-likeness (QED) is 0.388. The normalized spacial score (nSPS) is 13.5. The fourth-order valence-electron chi connectivity index (χ4n) is 3.43. The molecular formula is C25H29F3N4. The Balaban J connectivity index is 2.03. The Hall–Kier alpha value is -3.09. The number of nitrogens with one attached hydrogen (secondary N) is 1. The molecule has 0 spiro atoms. The Morgan fingerprint density at radius 3 is 2.16 bits per heavy atom. The van der Waals surface area contributed by atoms with Gasteiger partial charge in [0.1, 0.15) is 5.56 Å². The Morgan fingerprint density at radius 1 is 0.938 bits per heavy atom. The minimum absolute atomic E-state index is 0.119. The van der Waals surface area contributed by atoms with Gasteiger partial charge in [-0.3, -0.25) is 0 Å². The van der Waals surface area contributed by atoms with Crippen LogP contribution in [0.3, 0.4) is 0 Å². The third-order valence-corrected chi connectivity index (χ3v) is 5.72. The van der Waals surface area contributed by atoms with Gasteiger partial charge in [-0.1, -0.05) is 51.1 Å². The van der Waals surface area contributed by atoms with E-state index in [-0.39, 0.29) is 17.8 Å². The molecule has 0 saturated carbocycles. The lowest BCUT2D eigenvalue weighted by atomic mass is 9.99. The van der Waals surface area contributed by atoms with Crippen LogP contribution in [0.2, 0.25) is 0 Å². The summed E-state index contributed by atoms with van der Waals surface area (Å²) in [7, 11) is 0. The molecule has 170 valence electrons. The van der Waals surface area contributed by atoms with Crippen molar-refractivity contribution in [1.82, 2.24) is 9.97 Å².